The number of benzene rings is 1. The van der Waals surface area contributed by atoms with Crippen molar-refractivity contribution in [3.63, 3.8) is 0 Å². The number of hydrazine groups is 1. The highest BCUT2D eigenvalue weighted by atomic mass is 19.1. The molecule has 0 saturated carbocycles. The van der Waals surface area contributed by atoms with Gasteiger partial charge in [-0.1, -0.05) is 20.8 Å². The summed E-state index contributed by atoms with van der Waals surface area (Å²) < 4.78 is 12.6. The third kappa shape index (κ3) is 4.40. The summed E-state index contributed by atoms with van der Waals surface area (Å²) in [6.45, 7) is 5.17. The number of carbonyl (C=O) groups excluding carboxylic acids is 2. The molecule has 0 heterocycles. The van der Waals surface area contributed by atoms with Gasteiger partial charge >= 0.3 is 6.03 Å². The smallest absolute Gasteiger partial charge is 0.307 e. The van der Waals surface area contributed by atoms with Gasteiger partial charge in [0.15, 0.2) is 0 Å². The zero-order chi connectivity index (χ0) is 13.8. The molecule has 5 nitrogen and oxygen atoms in total. The second-order valence-electron chi connectivity index (χ2n) is 4.79. The predicted molar refractivity (Wildman–Crippen MR) is 66.2 cm³/mol. The fourth-order valence-electron chi connectivity index (χ4n) is 0.997. The largest absolute Gasteiger partial charge is 0.337 e. The second kappa shape index (κ2) is 5.48. The number of halogens is 1. The number of carbonyl (C=O) groups is 2. The molecule has 1 aromatic rings. The van der Waals surface area contributed by atoms with Crippen LogP contribution in [0.5, 0.6) is 0 Å². The Morgan fingerprint density at radius 1 is 1.06 bits per heavy atom. The predicted octanol–water partition coefficient (Wildman–Crippen LogP) is 2.02. The van der Waals surface area contributed by atoms with E-state index in [1.54, 1.807) is 20.8 Å². The first-order chi connectivity index (χ1) is 8.29. The Labute approximate surface area is 105 Å². The number of urea groups is 1. The fraction of sp³-hybridized carbons (Fsp3) is 0.333. The lowest BCUT2D eigenvalue weighted by molar-refractivity contribution is -0.129. The molecule has 0 saturated heterocycles. The van der Waals surface area contributed by atoms with Crippen LogP contribution in [-0.4, -0.2) is 11.9 Å². The molecule has 0 spiro atoms. The minimum absolute atomic E-state index is 0.309. The molecule has 0 aliphatic heterocycles. The van der Waals surface area contributed by atoms with E-state index in [1.807, 2.05) is 0 Å². The molecule has 0 aliphatic carbocycles. The van der Waals surface area contributed by atoms with Gasteiger partial charge in [0.1, 0.15) is 5.82 Å². The van der Waals surface area contributed by atoms with Gasteiger partial charge < -0.3 is 5.32 Å². The number of rotatable bonds is 1. The van der Waals surface area contributed by atoms with E-state index in [-0.39, 0.29) is 11.7 Å². The normalized spacial score (nSPS) is 10.7. The Morgan fingerprint density at radius 2 is 1.61 bits per heavy atom. The van der Waals surface area contributed by atoms with Gasteiger partial charge in [0.2, 0.25) is 5.91 Å². The average molecular weight is 253 g/mol. The number of hydrogen-bond donors (Lipinski definition) is 3. The lowest BCUT2D eigenvalue weighted by atomic mass is 9.96. The molecule has 1 aromatic carbocycles. The van der Waals surface area contributed by atoms with Crippen molar-refractivity contribution in [2.24, 2.45) is 5.41 Å². The minimum atomic E-state index is -0.598. The minimum Gasteiger partial charge on any atom is -0.307 e. The van der Waals surface area contributed by atoms with Crippen LogP contribution in [0, 0.1) is 11.2 Å². The molecule has 3 amide bonds. The number of amides is 3. The van der Waals surface area contributed by atoms with Crippen molar-refractivity contribution in [1.82, 2.24) is 10.9 Å². The molecule has 0 bridgehead atoms. The highest BCUT2D eigenvalue weighted by molar-refractivity contribution is 5.91. The molecular weight excluding hydrogens is 237 g/mol. The average Bonchev–Trinajstić information content (AvgIpc) is 2.28. The van der Waals surface area contributed by atoms with E-state index >= 15 is 0 Å². The number of nitrogens with one attached hydrogen (secondary N) is 3. The maximum Gasteiger partial charge on any atom is 0.337 e. The van der Waals surface area contributed by atoms with Crippen LogP contribution in [0.3, 0.4) is 0 Å². The lowest BCUT2D eigenvalue weighted by Gasteiger charge is -2.18. The van der Waals surface area contributed by atoms with Gasteiger partial charge in [0.05, 0.1) is 0 Å². The number of hydrogen-bond acceptors (Lipinski definition) is 2. The van der Waals surface area contributed by atoms with E-state index < -0.39 is 11.4 Å². The summed E-state index contributed by atoms with van der Waals surface area (Å²) >= 11 is 0. The van der Waals surface area contributed by atoms with Crippen molar-refractivity contribution in [1.29, 1.82) is 0 Å². The van der Waals surface area contributed by atoms with E-state index in [4.69, 9.17) is 0 Å². The van der Waals surface area contributed by atoms with Crippen LogP contribution in [-0.2, 0) is 4.79 Å². The van der Waals surface area contributed by atoms with Crippen molar-refractivity contribution in [2.45, 2.75) is 20.8 Å². The molecule has 0 atom stereocenters. The van der Waals surface area contributed by atoms with E-state index in [9.17, 15) is 14.0 Å². The van der Waals surface area contributed by atoms with E-state index in [1.165, 1.54) is 24.3 Å². The van der Waals surface area contributed by atoms with Gasteiger partial charge in [0.25, 0.3) is 0 Å². The van der Waals surface area contributed by atoms with Crippen molar-refractivity contribution in [3.8, 4) is 0 Å². The molecule has 0 fully saturated rings. The van der Waals surface area contributed by atoms with Gasteiger partial charge in [0, 0.05) is 11.1 Å². The van der Waals surface area contributed by atoms with E-state index in [0.717, 1.165) is 0 Å². The molecule has 1 rings (SSSR count). The Morgan fingerprint density at radius 3 is 2.11 bits per heavy atom. The molecule has 3 N–H and O–H groups in total. The maximum atomic E-state index is 12.6. The van der Waals surface area contributed by atoms with Crippen molar-refractivity contribution < 1.29 is 14.0 Å². The second-order valence-corrected chi connectivity index (χ2v) is 4.79. The summed E-state index contributed by atoms with van der Waals surface area (Å²) in [5, 5.41) is 2.44. The summed E-state index contributed by atoms with van der Waals surface area (Å²) in [5.41, 5.74) is 4.32. The zero-order valence-electron chi connectivity index (χ0n) is 10.5. The molecule has 0 unspecified atom stereocenters. The summed E-state index contributed by atoms with van der Waals surface area (Å²) in [7, 11) is 0. The quantitative estimate of drug-likeness (QED) is 0.670. The monoisotopic (exact) mass is 253 g/mol. The molecule has 6 heteroatoms. The third-order valence-electron chi connectivity index (χ3n) is 2.07. The van der Waals surface area contributed by atoms with Crippen LogP contribution in [0.2, 0.25) is 0 Å². The highest BCUT2D eigenvalue weighted by Gasteiger charge is 2.21. The van der Waals surface area contributed by atoms with Crippen LogP contribution in [0.4, 0.5) is 14.9 Å². The lowest BCUT2D eigenvalue weighted by Crippen LogP contribution is -2.48. The first-order valence-corrected chi connectivity index (χ1v) is 5.42. The first-order valence-electron chi connectivity index (χ1n) is 5.42. The summed E-state index contributed by atoms with van der Waals surface area (Å²) in [6.07, 6.45) is 0. The van der Waals surface area contributed by atoms with Crippen molar-refractivity contribution in [3.05, 3.63) is 30.1 Å². The number of anilines is 1. The van der Waals surface area contributed by atoms with Crippen molar-refractivity contribution >= 4 is 17.6 Å². The summed E-state index contributed by atoms with van der Waals surface area (Å²) in [5.74, 6) is -0.696. The van der Waals surface area contributed by atoms with Crippen LogP contribution in [0.25, 0.3) is 0 Å². The van der Waals surface area contributed by atoms with Crippen LogP contribution in [0.1, 0.15) is 20.8 Å². The van der Waals surface area contributed by atoms with Crippen LogP contribution >= 0.6 is 0 Å². The molecule has 18 heavy (non-hydrogen) atoms. The standard InChI is InChI=1S/C12H16FN3O2/c1-12(2,3)10(17)15-16-11(18)14-9-6-4-8(13)5-7-9/h4-7H,1-3H3,(H,15,17)(H2,14,16,18). The Kier molecular flexibility index (Phi) is 4.25. The fourth-order valence-corrected chi connectivity index (χ4v) is 0.997. The molecule has 0 radical (unpaired) electrons. The summed E-state index contributed by atoms with van der Waals surface area (Å²) in [4.78, 5) is 22.9. The zero-order valence-corrected chi connectivity index (χ0v) is 10.5. The van der Waals surface area contributed by atoms with Crippen LogP contribution in [0.15, 0.2) is 24.3 Å². The molecule has 98 valence electrons. The Balaban J connectivity index is 2.43. The molecule has 0 aliphatic rings. The SMILES string of the molecule is CC(C)(C)C(=O)NNC(=O)Nc1ccc(F)cc1. The highest BCUT2D eigenvalue weighted by Crippen LogP contribution is 2.11. The Bertz CT molecular complexity index is 438. The van der Waals surface area contributed by atoms with Crippen molar-refractivity contribution in [2.75, 3.05) is 5.32 Å². The van der Waals surface area contributed by atoms with Crippen LogP contribution < -0.4 is 16.2 Å². The molecular formula is C12H16FN3O2. The van der Waals surface area contributed by atoms with Gasteiger partial charge in [-0.15, -0.1) is 0 Å². The van der Waals surface area contributed by atoms with Gasteiger partial charge in [-0.05, 0) is 24.3 Å². The molecule has 0 aromatic heterocycles. The van der Waals surface area contributed by atoms with Gasteiger partial charge in [-0.2, -0.15) is 0 Å². The van der Waals surface area contributed by atoms with Gasteiger partial charge in [-0.3, -0.25) is 10.2 Å². The Hall–Kier alpha value is -2.11. The van der Waals surface area contributed by atoms with E-state index in [0.29, 0.717) is 5.69 Å². The topological polar surface area (TPSA) is 70.2 Å². The first kappa shape index (κ1) is 14.0. The maximum absolute atomic E-state index is 12.6. The van der Waals surface area contributed by atoms with Gasteiger partial charge in [-0.25, -0.2) is 14.6 Å². The summed E-state index contributed by atoms with van der Waals surface area (Å²) in [6, 6.07) is 4.69. The van der Waals surface area contributed by atoms with E-state index in [2.05, 4.69) is 16.2 Å². The third-order valence-corrected chi connectivity index (χ3v) is 2.07.